The molecule has 0 aliphatic rings. The van der Waals surface area contributed by atoms with Crippen LogP contribution in [0.5, 0.6) is 0 Å². The van der Waals surface area contributed by atoms with Gasteiger partial charge in [-0.25, -0.2) is 14.8 Å². The number of nitrogen functional groups attached to an aromatic ring is 1. The molecule has 1 atom stereocenters. The third-order valence-corrected chi connectivity index (χ3v) is 5.28. The number of fused-ring (bicyclic) bond motifs is 2. The second-order valence-electron chi connectivity index (χ2n) is 7.37. The van der Waals surface area contributed by atoms with E-state index < -0.39 is 5.97 Å². The minimum absolute atomic E-state index is 0.123. The number of carbonyl (C=O) groups excluding carboxylic acids is 1. The summed E-state index contributed by atoms with van der Waals surface area (Å²) in [5, 5.41) is 5.06. The van der Waals surface area contributed by atoms with Crippen LogP contribution in [0.15, 0.2) is 53.6 Å². The maximum Gasteiger partial charge on any atom is 0.344 e. The Labute approximate surface area is 184 Å². The van der Waals surface area contributed by atoms with E-state index in [4.69, 9.17) is 22.1 Å². The van der Waals surface area contributed by atoms with Gasteiger partial charge in [0.1, 0.15) is 16.9 Å². The summed E-state index contributed by atoms with van der Waals surface area (Å²) in [6, 6.07) is 14.6. The number of nitrogens with two attached hydrogens (primary N) is 1. The Hall–Kier alpha value is -3.45. The van der Waals surface area contributed by atoms with Gasteiger partial charge in [-0.15, -0.1) is 0 Å². The molecular formula is C23H22ClN5O2. The molecule has 0 aliphatic carbocycles. The number of hydrogen-bond donors (Lipinski definition) is 1. The van der Waals surface area contributed by atoms with Gasteiger partial charge in [0.25, 0.3) is 0 Å². The van der Waals surface area contributed by atoms with Crippen LogP contribution in [0.2, 0.25) is 5.02 Å². The number of para-hydroxylation sites is 2. The Bertz CT molecular complexity index is 1300. The van der Waals surface area contributed by atoms with E-state index in [0.29, 0.717) is 33.8 Å². The smallest absolute Gasteiger partial charge is 0.344 e. The zero-order valence-electron chi connectivity index (χ0n) is 17.2. The third kappa shape index (κ3) is 4.22. The fraction of sp³-hybridized carbons (Fsp3) is 0.217. The normalized spacial score (nSPS) is 12.6. The van der Waals surface area contributed by atoms with E-state index in [2.05, 4.69) is 15.1 Å². The highest BCUT2D eigenvalue weighted by Gasteiger charge is 2.25. The van der Waals surface area contributed by atoms with Gasteiger partial charge in [0.05, 0.1) is 23.9 Å². The summed E-state index contributed by atoms with van der Waals surface area (Å²) in [5.41, 5.74) is 9.36. The van der Waals surface area contributed by atoms with Crippen LogP contribution in [0.4, 0.5) is 5.82 Å². The predicted octanol–water partition coefficient (Wildman–Crippen LogP) is 4.91. The van der Waals surface area contributed by atoms with Crippen LogP contribution in [0, 0.1) is 5.92 Å². The molecule has 0 amide bonds. The van der Waals surface area contributed by atoms with E-state index in [1.165, 1.54) is 4.68 Å². The zero-order chi connectivity index (χ0) is 22.0. The molecule has 4 aromatic rings. The first kappa shape index (κ1) is 20.8. The summed E-state index contributed by atoms with van der Waals surface area (Å²) in [6.07, 6.45) is 2.51. The van der Waals surface area contributed by atoms with Crippen LogP contribution < -0.4 is 5.73 Å². The van der Waals surface area contributed by atoms with Crippen molar-refractivity contribution in [1.29, 1.82) is 0 Å². The molecule has 0 saturated carbocycles. The van der Waals surface area contributed by atoms with Gasteiger partial charge in [-0.3, -0.25) is 0 Å². The summed E-state index contributed by atoms with van der Waals surface area (Å²) in [5.74, 6) is -0.173. The van der Waals surface area contributed by atoms with Crippen molar-refractivity contribution >= 4 is 51.8 Å². The number of halogens is 1. The summed E-state index contributed by atoms with van der Waals surface area (Å²) in [4.78, 5) is 22.2. The maximum absolute atomic E-state index is 12.9. The standard InChI is InChI=1S/C23H22ClN5O2/c1-3-14(2)13-31-23(30)19-20-22(28-18-10-5-4-9-17(18)27-20)29(21(19)25)26-12-15-7-6-8-16(24)11-15/h4-12,14H,3,13,25H2,1-2H3. The van der Waals surface area contributed by atoms with Gasteiger partial charge in [0.2, 0.25) is 0 Å². The average molecular weight is 436 g/mol. The molecule has 8 heteroatoms. The van der Waals surface area contributed by atoms with Gasteiger partial charge in [-0.1, -0.05) is 56.1 Å². The molecule has 0 bridgehead atoms. The summed E-state index contributed by atoms with van der Waals surface area (Å²) >= 11 is 6.06. The van der Waals surface area contributed by atoms with Crippen LogP contribution >= 0.6 is 11.6 Å². The Kier molecular flexibility index (Phi) is 5.86. The molecule has 0 spiro atoms. The zero-order valence-corrected chi connectivity index (χ0v) is 18.0. The summed E-state index contributed by atoms with van der Waals surface area (Å²) in [7, 11) is 0. The fourth-order valence-electron chi connectivity index (χ4n) is 3.08. The molecule has 31 heavy (non-hydrogen) atoms. The van der Waals surface area contributed by atoms with Crippen molar-refractivity contribution in [2.75, 3.05) is 12.3 Å². The van der Waals surface area contributed by atoms with Crippen molar-refractivity contribution in [2.24, 2.45) is 11.0 Å². The highest BCUT2D eigenvalue weighted by Crippen LogP contribution is 2.28. The van der Waals surface area contributed by atoms with Crippen LogP contribution in [-0.4, -0.2) is 33.4 Å². The van der Waals surface area contributed by atoms with Crippen LogP contribution in [0.3, 0.4) is 0 Å². The molecule has 2 aromatic carbocycles. The first-order valence-corrected chi connectivity index (χ1v) is 10.4. The first-order chi connectivity index (χ1) is 15.0. The van der Waals surface area contributed by atoms with Crippen LogP contribution in [-0.2, 0) is 4.74 Å². The highest BCUT2D eigenvalue weighted by atomic mass is 35.5. The maximum atomic E-state index is 12.9. The number of aromatic nitrogens is 3. The second-order valence-corrected chi connectivity index (χ2v) is 7.80. The molecule has 1 unspecified atom stereocenters. The molecule has 4 rings (SSSR count). The Morgan fingerprint density at radius 1 is 1.23 bits per heavy atom. The van der Waals surface area contributed by atoms with E-state index in [1.807, 2.05) is 50.2 Å². The molecular weight excluding hydrogens is 414 g/mol. The number of esters is 1. The first-order valence-electron chi connectivity index (χ1n) is 10.0. The predicted molar refractivity (Wildman–Crippen MR) is 124 cm³/mol. The fourth-order valence-corrected chi connectivity index (χ4v) is 3.28. The van der Waals surface area contributed by atoms with E-state index >= 15 is 0 Å². The van der Waals surface area contributed by atoms with Crippen molar-refractivity contribution in [1.82, 2.24) is 14.6 Å². The topological polar surface area (TPSA) is 95.4 Å². The summed E-state index contributed by atoms with van der Waals surface area (Å²) < 4.78 is 6.92. The molecule has 2 N–H and O–H groups in total. The van der Waals surface area contributed by atoms with Gasteiger partial charge in [0, 0.05) is 5.02 Å². The minimum atomic E-state index is -0.538. The van der Waals surface area contributed by atoms with Gasteiger partial charge in [0.15, 0.2) is 5.65 Å². The minimum Gasteiger partial charge on any atom is -0.462 e. The summed E-state index contributed by atoms with van der Waals surface area (Å²) in [6.45, 7) is 4.36. The highest BCUT2D eigenvalue weighted by molar-refractivity contribution is 6.30. The molecule has 2 aromatic heterocycles. The largest absolute Gasteiger partial charge is 0.462 e. The van der Waals surface area contributed by atoms with E-state index in [9.17, 15) is 4.79 Å². The van der Waals surface area contributed by atoms with Crippen LogP contribution in [0.25, 0.3) is 22.2 Å². The lowest BCUT2D eigenvalue weighted by molar-refractivity contribution is 0.0450. The van der Waals surface area contributed by atoms with Crippen molar-refractivity contribution in [3.8, 4) is 0 Å². The van der Waals surface area contributed by atoms with Gasteiger partial charge < -0.3 is 10.5 Å². The van der Waals surface area contributed by atoms with Crippen molar-refractivity contribution in [3.63, 3.8) is 0 Å². The quantitative estimate of drug-likeness (QED) is 0.343. The van der Waals surface area contributed by atoms with Gasteiger partial charge in [-0.05, 0) is 35.7 Å². The second kappa shape index (κ2) is 8.73. The number of anilines is 1. The lowest BCUT2D eigenvalue weighted by Gasteiger charge is -2.09. The van der Waals surface area contributed by atoms with Gasteiger partial charge >= 0.3 is 5.97 Å². The van der Waals surface area contributed by atoms with Crippen molar-refractivity contribution in [3.05, 3.63) is 64.7 Å². The molecule has 0 fully saturated rings. The van der Waals surface area contributed by atoms with Gasteiger partial charge in [-0.2, -0.15) is 9.78 Å². The van der Waals surface area contributed by atoms with E-state index in [-0.39, 0.29) is 17.3 Å². The lowest BCUT2D eigenvalue weighted by atomic mass is 10.1. The number of nitrogens with zero attached hydrogens (tertiary/aromatic N) is 4. The molecule has 7 nitrogen and oxygen atoms in total. The Morgan fingerprint density at radius 3 is 2.68 bits per heavy atom. The van der Waals surface area contributed by atoms with E-state index in [0.717, 1.165) is 12.0 Å². The molecule has 0 aliphatic heterocycles. The SMILES string of the molecule is CCC(C)COC(=O)c1c(N)n(N=Cc2cccc(Cl)c2)c2nc3ccccc3nc12. The lowest BCUT2D eigenvalue weighted by Crippen LogP contribution is -2.13. The monoisotopic (exact) mass is 435 g/mol. The molecule has 2 heterocycles. The molecule has 0 radical (unpaired) electrons. The number of ether oxygens (including phenoxy) is 1. The third-order valence-electron chi connectivity index (χ3n) is 5.04. The van der Waals surface area contributed by atoms with Crippen LogP contribution in [0.1, 0.15) is 36.2 Å². The van der Waals surface area contributed by atoms with Crippen molar-refractivity contribution < 1.29 is 9.53 Å². The number of benzene rings is 2. The van der Waals surface area contributed by atoms with Crippen molar-refractivity contribution in [2.45, 2.75) is 20.3 Å². The number of rotatable bonds is 6. The van der Waals surface area contributed by atoms with E-state index in [1.54, 1.807) is 18.3 Å². The number of carbonyl (C=O) groups is 1. The number of hydrogen-bond acceptors (Lipinski definition) is 6. The molecule has 158 valence electrons. The average Bonchev–Trinajstić information content (AvgIpc) is 3.04. The Morgan fingerprint density at radius 2 is 1.97 bits per heavy atom. The Balaban J connectivity index is 1.85. The molecule has 0 saturated heterocycles.